The molecule has 0 saturated carbocycles. The first-order chi connectivity index (χ1) is 9.70. The third-order valence-corrected chi connectivity index (χ3v) is 3.55. The van der Waals surface area contributed by atoms with Crippen LogP contribution in [0.15, 0.2) is 24.3 Å². The van der Waals surface area contributed by atoms with Crippen LogP contribution in [-0.2, 0) is 12.0 Å². The van der Waals surface area contributed by atoms with Crippen molar-refractivity contribution in [3.05, 3.63) is 56.4 Å². The molecule has 0 saturated heterocycles. The molecule has 0 fully saturated rings. The summed E-state index contributed by atoms with van der Waals surface area (Å²) in [5.41, 5.74) is 2.00. The van der Waals surface area contributed by atoms with Crippen LogP contribution in [0.3, 0.4) is 0 Å². The highest BCUT2D eigenvalue weighted by atomic mass is 35.5. The second-order valence-corrected chi connectivity index (χ2v) is 6.50. The first kappa shape index (κ1) is 15.5. The molecular formula is C15H18ClN3O2. The lowest BCUT2D eigenvalue weighted by Gasteiger charge is -2.13. The summed E-state index contributed by atoms with van der Waals surface area (Å²) in [7, 11) is 0. The highest BCUT2D eigenvalue weighted by Gasteiger charge is 2.33. The molecule has 0 aliphatic rings. The van der Waals surface area contributed by atoms with Crippen LogP contribution in [0.5, 0.6) is 0 Å². The van der Waals surface area contributed by atoms with Gasteiger partial charge in [0.05, 0.1) is 11.5 Å². The van der Waals surface area contributed by atoms with Crippen LogP contribution in [0.4, 0.5) is 5.69 Å². The highest BCUT2D eigenvalue weighted by molar-refractivity contribution is 6.31. The van der Waals surface area contributed by atoms with E-state index >= 15 is 0 Å². The summed E-state index contributed by atoms with van der Waals surface area (Å²) in [4.78, 5) is 10.8. The molecule has 112 valence electrons. The van der Waals surface area contributed by atoms with E-state index in [1.807, 2.05) is 52.0 Å². The predicted molar refractivity (Wildman–Crippen MR) is 82.9 cm³/mol. The van der Waals surface area contributed by atoms with Gasteiger partial charge in [-0.05, 0) is 12.5 Å². The standard InChI is InChI=1S/C15H18ClN3O2/c1-10-6-5-7-11(8-10)9-18-14(16)12(19(20)21)13(17-18)15(2,3)4/h5-8H,9H2,1-4H3. The third-order valence-electron chi connectivity index (χ3n) is 3.17. The maximum absolute atomic E-state index is 11.3. The lowest BCUT2D eigenvalue weighted by atomic mass is 9.91. The fourth-order valence-electron chi connectivity index (χ4n) is 2.19. The van der Waals surface area contributed by atoms with E-state index in [9.17, 15) is 10.1 Å². The molecule has 0 bridgehead atoms. The molecule has 0 amide bonds. The van der Waals surface area contributed by atoms with E-state index in [2.05, 4.69) is 5.10 Å². The summed E-state index contributed by atoms with van der Waals surface area (Å²) in [6.07, 6.45) is 0. The molecule has 5 nitrogen and oxygen atoms in total. The van der Waals surface area contributed by atoms with Crippen molar-refractivity contribution in [1.29, 1.82) is 0 Å². The number of aryl methyl sites for hydroxylation is 1. The van der Waals surface area contributed by atoms with Crippen molar-refractivity contribution in [2.75, 3.05) is 0 Å². The van der Waals surface area contributed by atoms with Crippen molar-refractivity contribution >= 4 is 17.3 Å². The van der Waals surface area contributed by atoms with Gasteiger partial charge in [0, 0.05) is 5.41 Å². The Hall–Kier alpha value is -1.88. The van der Waals surface area contributed by atoms with Gasteiger partial charge >= 0.3 is 5.69 Å². The minimum absolute atomic E-state index is 0.0754. The Balaban J connectivity index is 2.48. The van der Waals surface area contributed by atoms with E-state index in [0.29, 0.717) is 12.2 Å². The van der Waals surface area contributed by atoms with Crippen molar-refractivity contribution in [2.24, 2.45) is 0 Å². The number of hydrogen-bond acceptors (Lipinski definition) is 3. The second kappa shape index (κ2) is 5.48. The Morgan fingerprint density at radius 3 is 2.52 bits per heavy atom. The fourth-order valence-corrected chi connectivity index (χ4v) is 2.44. The zero-order valence-electron chi connectivity index (χ0n) is 12.6. The molecule has 0 N–H and O–H groups in total. The van der Waals surface area contributed by atoms with E-state index in [0.717, 1.165) is 11.1 Å². The van der Waals surface area contributed by atoms with Crippen LogP contribution in [0.1, 0.15) is 37.6 Å². The highest BCUT2D eigenvalue weighted by Crippen LogP contribution is 2.36. The van der Waals surface area contributed by atoms with E-state index in [1.165, 1.54) is 4.68 Å². The third kappa shape index (κ3) is 3.24. The van der Waals surface area contributed by atoms with Crippen molar-refractivity contribution in [2.45, 2.75) is 39.7 Å². The molecule has 0 aliphatic heterocycles. The van der Waals surface area contributed by atoms with Gasteiger partial charge in [-0.15, -0.1) is 0 Å². The Bertz CT molecular complexity index is 687. The summed E-state index contributed by atoms with van der Waals surface area (Å²) in [6.45, 7) is 8.07. The van der Waals surface area contributed by atoms with Gasteiger partial charge in [-0.3, -0.25) is 10.1 Å². The number of hydrogen-bond donors (Lipinski definition) is 0. The fraction of sp³-hybridized carbons (Fsp3) is 0.400. The first-order valence-corrected chi connectivity index (χ1v) is 7.04. The maximum atomic E-state index is 11.3. The molecule has 1 aromatic carbocycles. The van der Waals surface area contributed by atoms with Crippen LogP contribution >= 0.6 is 11.6 Å². The molecule has 0 aliphatic carbocycles. The molecule has 6 heteroatoms. The van der Waals surface area contributed by atoms with E-state index in [4.69, 9.17) is 11.6 Å². The Labute approximate surface area is 128 Å². The van der Waals surface area contributed by atoms with Crippen LogP contribution in [-0.4, -0.2) is 14.7 Å². The lowest BCUT2D eigenvalue weighted by Crippen LogP contribution is -2.14. The maximum Gasteiger partial charge on any atom is 0.329 e. The molecule has 0 spiro atoms. The number of nitro groups is 1. The summed E-state index contributed by atoms with van der Waals surface area (Å²) < 4.78 is 1.50. The number of benzene rings is 1. The Morgan fingerprint density at radius 1 is 1.38 bits per heavy atom. The molecule has 0 unspecified atom stereocenters. The van der Waals surface area contributed by atoms with Gasteiger partial charge in [-0.25, -0.2) is 4.68 Å². The molecule has 0 radical (unpaired) electrons. The number of rotatable bonds is 3. The first-order valence-electron chi connectivity index (χ1n) is 6.67. The molecular weight excluding hydrogens is 290 g/mol. The molecule has 0 atom stereocenters. The predicted octanol–water partition coefficient (Wildman–Crippen LogP) is 4.10. The van der Waals surface area contributed by atoms with Gasteiger partial charge in [0.15, 0.2) is 0 Å². The average Bonchev–Trinajstić information content (AvgIpc) is 2.67. The van der Waals surface area contributed by atoms with Crippen molar-refractivity contribution in [3.63, 3.8) is 0 Å². The van der Waals surface area contributed by atoms with Crippen LogP contribution in [0, 0.1) is 17.0 Å². The summed E-state index contributed by atoms with van der Waals surface area (Å²) >= 11 is 6.18. The van der Waals surface area contributed by atoms with E-state index < -0.39 is 10.3 Å². The van der Waals surface area contributed by atoms with Crippen molar-refractivity contribution in [3.8, 4) is 0 Å². The second-order valence-electron chi connectivity index (χ2n) is 6.14. The monoisotopic (exact) mass is 307 g/mol. The Morgan fingerprint density at radius 2 is 2.05 bits per heavy atom. The van der Waals surface area contributed by atoms with Gasteiger partial charge in [-0.2, -0.15) is 5.10 Å². The molecule has 21 heavy (non-hydrogen) atoms. The molecule has 2 rings (SSSR count). The van der Waals surface area contributed by atoms with Gasteiger partial charge in [0.1, 0.15) is 5.69 Å². The SMILES string of the molecule is Cc1cccc(Cn2nc(C(C)(C)C)c([N+](=O)[O-])c2Cl)c1. The quantitative estimate of drug-likeness (QED) is 0.633. The summed E-state index contributed by atoms with van der Waals surface area (Å²) in [5, 5.41) is 15.7. The number of halogens is 1. The van der Waals surface area contributed by atoms with Gasteiger partial charge in [-0.1, -0.05) is 62.2 Å². The van der Waals surface area contributed by atoms with Gasteiger partial charge in [0.25, 0.3) is 0 Å². The van der Waals surface area contributed by atoms with Crippen LogP contribution in [0.25, 0.3) is 0 Å². The smallest absolute Gasteiger partial charge is 0.258 e. The van der Waals surface area contributed by atoms with Crippen molar-refractivity contribution in [1.82, 2.24) is 9.78 Å². The van der Waals surface area contributed by atoms with Crippen LogP contribution < -0.4 is 0 Å². The minimum Gasteiger partial charge on any atom is -0.258 e. The van der Waals surface area contributed by atoms with Crippen molar-refractivity contribution < 1.29 is 4.92 Å². The molecule has 1 heterocycles. The van der Waals surface area contributed by atoms with E-state index in [1.54, 1.807) is 0 Å². The minimum atomic E-state index is -0.456. The largest absolute Gasteiger partial charge is 0.329 e. The summed E-state index contributed by atoms with van der Waals surface area (Å²) in [6, 6.07) is 7.91. The topological polar surface area (TPSA) is 61.0 Å². The molecule has 2 aromatic rings. The molecule has 1 aromatic heterocycles. The lowest BCUT2D eigenvalue weighted by molar-refractivity contribution is -0.385. The number of nitrogens with zero attached hydrogens (tertiary/aromatic N) is 3. The average molecular weight is 308 g/mol. The van der Waals surface area contributed by atoms with Crippen LogP contribution in [0.2, 0.25) is 5.15 Å². The normalized spacial score (nSPS) is 11.7. The Kier molecular flexibility index (Phi) is 4.05. The van der Waals surface area contributed by atoms with Gasteiger partial charge < -0.3 is 0 Å². The zero-order valence-corrected chi connectivity index (χ0v) is 13.3. The van der Waals surface area contributed by atoms with E-state index in [-0.39, 0.29) is 10.8 Å². The van der Waals surface area contributed by atoms with Gasteiger partial charge in [0.2, 0.25) is 5.15 Å². The zero-order chi connectivity index (χ0) is 15.8. The summed E-state index contributed by atoms with van der Waals surface area (Å²) in [5.74, 6) is 0. The number of aromatic nitrogens is 2.